The van der Waals surface area contributed by atoms with Crippen LogP contribution in [0.5, 0.6) is 5.75 Å². The fraction of sp³-hybridized carbons (Fsp3) is 0.400. The predicted octanol–water partition coefficient (Wildman–Crippen LogP) is 0.0630. The van der Waals surface area contributed by atoms with Crippen molar-refractivity contribution < 1.29 is 73.5 Å². The van der Waals surface area contributed by atoms with Gasteiger partial charge in [-0.15, -0.1) is 0 Å². The maximum absolute atomic E-state index is 12.7. The summed E-state index contributed by atoms with van der Waals surface area (Å²) < 4.78 is 55.4. The van der Waals surface area contributed by atoms with Gasteiger partial charge in [-0.05, 0) is 24.6 Å². The molecule has 0 spiro atoms. The summed E-state index contributed by atoms with van der Waals surface area (Å²) in [5.74, 6) is -1.20. The Morgan fingerprint density at radius 1 is 1.24 bits per heavy atom. The summed E-state index contributed by atoms with van der Waals surface area (Å²) in [6.07, 6.45) is 1.50. The molecule has 7 heteroatoms. The molecule has 0 saturated heterocycles. The molecule has 1 aromatic carbocycles. The van der Waals surface area contributed by atoms with Crippen LogP contribution in [0.3, 0.4) is 0 Å². The quantitative estimate of drug-likeness (QED) is 0.419. The van der Waals surface area contributed by atoms with Crippen LogP contribution in [0.4, 0.5) is 17.3 Å². The summed E-state index contributed by atoms with van der Waals surface area (Å²) in [6, 6.07) is 2.46. The van der Waals surface area contributed by atoms with E-state index in [9.17, 15) is 17.3 Å². The SMILES string of the molecule is CCCCOc1ccc(F)cc1[B-](F)(F)F.[K+]. The van der Waals surface area contributed by atoms with Crippen LogP contribution in [-0.2, 0) is 0 Å². The minimum atomic E-state index is -5.24. The maximum Gasteiger partial charge on any atom is 1.00 e. The van der Waals surface area contributed by atoms with Crippen molar-refractivity contribution in [1.82, 2.24) is 0 Å². The van der Waals surface area contributed by atoms with Crippen LogP contribution in [0.25, 0.3) is 0 Å². The van der Waals surface area contributed by atoms with E-state index in [0.717, 1.165) is 18.6 Å². The van der Waals surface area contributed by atoms with Crippen molar-refractivity contribution in [2.75, 3.05) is 6.61 Å². The number of unbranched alkanes of at least 4 members (excludes halogenated alkanes) is 1. The summed E-state index contributed by atoms with van der Waals surface area (Å²) >= 11 is 0. The van der Waals surface area contributed by atoms with Crippen molar-refractivity contribution in [3.8, 4) is 5.75 Å². The maximum atomic E-state index is 12.7. The largest absolute Gasteiger partial charge is 1.00 e. The monoisotopic (exact) mass is 274 g/mol. The van der Waals surface area contributed by atoms with E-state index in [0.29, 0.717) is 12.5 Å². The molecule has 0 aromatic heterocycles. The van der Waals surface area contributed by atoms with Crippen molar-refractivity contribution in [2.24, 2.45) is 0 Å². The number of ether oxygens (including phenoxy) is 1. The zero-order valence-corrected chi connectivity index (χ0v) is 13.0. The average molecular weight is 274 g/mol. The molecule has 0 radical (unpaired) electrons. The van der Waals surface area contributed by atoms with Gasteiger partial charge in [0, 0.05) is 0 Å². The van der Waals surface area contributed by atoms with E-state index in [4.69, 9.17) is 4.74 Å². The van der Waals surface area contributed by atoms with E-state index in [-0.39, 0.29) is 63.7 Å². The second-order valence-electron chi connectivity index (χ2n) is 3.46. The number of hydrogen-bond donors (Lipinski definition) is 0. The van der Waals surface area contributed by atoms with Crippen LogP contribution < -0.4 is 61.6 Å². The predicted molar refractivity (Wildman–Crippen MR) is 55.5 cm³/mol. The molecule has 17 heavy (non-hydrogen) atoms. The molecule has 0 aliphatic heterocycles. The summed E-state index contributed by atoms with van der Waals surface area (Å²) in [6.45, 7) is -3.13. The van der Waals surface area contributed by atoms with Gasteiger partial charge >= 0.3 is 58.4 Å². The number of rotatable bonds is 5. The third kappa shape index (κ3) is 5.74. The van der Waals surface area contributed by atoms with E-state index in [1.807, 2.05) is 6.92 Å². The van der Waals surface area contributed by atoms with Gasteiger partial charge in [0.1, 0.15) is 5.82 Å². The number of halogens is 4. The normalized spacial score (nSPS) is 10.9. The second kappa shape index (κ2) is 7.78. The Morgan fingerprint density at radius 3 is 2.41 bits per heavy atom. The second-order valence-corrected chi connectivity index (χ2v) is 3.46. The van der Waals surface area contributed by atoms with Crippen molar-refractivity contribution in [1.29, 1.82) is 0 Å². The molecule has 0 N–H and O–H groups in total. The van der Waals surface area contributed by atoms with E-state index < -0.39 is 18.3 Å². The molecule has 1 aromatic rings. The van der Waals surface area contributed by atoms with Gasteiger partial charge in [0.25, 0.3) is 0 Å². The number of benzene rings is 1. The van der Waals surface area contributed by atoms with Crippen LogP contribution >= 0.6 is 0 Å². The van der Waals surface area contributed by atoms with E-state index >= 15 is 0 Å². The Kier molecular flexibility index (Phi) is 7.99. The summed E-state index contributed by atoms with van der Waals surface area (Å²) in [5, 5.41) is 0. The van der Waals surface area contributed by atoms with Crippen LogP contribution in [0.15, 0.2) is 18.2 Å². The fourth-order valence-electron chi connectivity index (χ4n) is 1.23. The van der Waals surface area contributed by atoms with Crippen molar-refractivity contribution in [3.05, 3.63) is 24.0 Å². The van der Waals surface area contributed by atoms with Crippen molar-refractivity contribution >= 4 is 12.4 Å². The minimum absolute atomic E-state index is 0. The van der Waals surface area contributed by atoms with Gasteiger partial charge in [-0.25, -0.2) is 4.39 Å². The summed E-state index contributed by atoms with van der Waals surface area (Å²) in [5.41, 5.74) is -1.00. The standard InChI is InChI=1S/C10H12BF4O.K/c1-2-3-6-16-10-5-4-8(12)7-9(10)11(13,14)15;/h4-5,7H,2-3,6H2,1H3;/q-1;+1. The fourth-order valence-corrected chi connectivity index (χ4v) is 1.23. The molecule has 0 amide bonds. The zero-order valence-electron chi connectivity index (χ0n) is 9.85. The third-order valence-corrected chi connectivity index (χ3v) is 2.08. The van der Waals surface area contributed by atoms with Gasteiger partial charge in [0.2, 0.25) is 0 Å². The first kappa shape index (κ1) is 17.4. The van der Waals surface area contributed by atoms with Crippen LogP contribution in [0.1, 0.15) is 19.8 Å². The molecule has 1 nitrogen and oxygen atoms in total. The molecule has 90 valence electrons. The Balaban J connectivity index is 0.00000256. The Morgan fingerprint density at radius 2 is 1.88 bits per heavy atom. The number of hydrogen-bond acceptors (Lipinski definition) is 1. The molecule has 0 aliphatic carbocycles. The molecule has 0 unspecified atom stereocenters. The topological polar surface area (TPSA) is 9.23 Å². The summed E-state index contributed by atoms with van der Waals surface area (Å²) in [4.78, 5) is 0. The minimum Gasteiger partial charge on any atom is -0.497 e. The average Bonchev–Trinajstić information content (AvgIpc) is 2.19. The molecule has 0 fully saturated rings. The third-order valence-electron chi connectivity index (χ3n) is 2.08. The van der Waals surface area contributed by atoms with E-state index in [2.05, 4.69) is 0 Å². The molecule has 0 saturated carbocycles. The smallest absolute Gasteiger partial charge is 0.497 e. The Labute approximate surface area is 140 Å². The van der Waals surface area contributed by atoms with Gasteiger partial charge in [0.15, 0.2) is 0 Å². The van der Waals surface area contributed by atoms with Crippen molar-refractivity contribution in [3.63, 3.8) is 0 Å². The van der Waals surface area contributed by atoms with Crippen LogP contribution in [-0.4, -0.2) is 13.6 Å². The molecular formula is C10H12BF4KO. The van der Waals surface area contributed by atoms with Gasteiger partial charge in [-0.3, -0.25) is 0 Å². The molecule has 0 bridgehead atoms. The molecule has 0 atom stereocenters. The van der Waals surface area contributed by atoms with Gasteiger partial charge < -0.3 is 17.7 Å². The van der Waals surface area contributed by atoms with Gasteiger partial charge in [-0.1, -0.05) is 18.8 Å². The Hall–Kier alpha value is 0.441. The Bertz CT molecular complexity index is 357. The molecule has 0 aliphatic rings. The van der Waals surface area contributed by atoms with E-state index in [1.54, 1.807) is 0 Å². The van der Waals surface area contributed by atoms with Crippen LogP contribution in [0, 0.1) is 5.82 Å². The van der Waals surface area contributed by atoms with Gasteiger partial charge in [0.05, 0.1) is 12.4 Å². The molecule has 1 rings (SSSR count). The molecular weight excluding hydrogens is 262 g/mol. The van der Waals surface area contributed by atoms with Gasteiger partial charge in [-0.2, -0.15) is 0 Å². The summed E-state index contributed by atoms with van der Waals surface area (Å²) in [7, 11) is 0. The first-order valence-corrected chi connectivity index (χ1v) is 5.07. The molecule has 0 heterocycles. The van der Waals surface area contributed by atoms with Crippen molar-refractivity contribution in [2.45, 2.75) is 19.8 Å². The zero-order chi connectivity index (χ0) is 12.2. The van der Waals surface area contributed by atoms with Crippen LogP contribution in [0.2, 0.25) is 0 Å². The first-order chi connectivity index (χ1) is 7.45. The first-order valence-electron chi connectivity index (χ1n) is 5.07. The van der Waals surface area contributed by atoms with E-state index in [1.165, 1.54) is 0 Å².